The van der Waals surface area contributed by atoms with Gasteiger partial charge < -0.3 is 69.5 Å². The quantitative estimate of drug-likeness (QED) is 0.0387. The standard InChI is InChI=1S/C35H41FN4O14/c36-22-11-21(12-24(41)15-22)35(47)54-34-32(20-13-27(44)31(46)28(45)14-20)53-29-17-25(42)16-26(43)30(29)33(34)52-19-23-18-40(39-38-23)2-4-49-6-8-51-10-9-50-7-5-48-3-1-37/h11-18,32-34,41-46H,1-10,19,37H2. The summed E-state index contributed by atoms with van der Waals surface area (Å²) in [5, 5.41) is 69.9. The number of hydrogen-bond donors (Lipinski definition) is 7. The number of nitrogens with zero attached hydrogens (tertiary/aromatic N) is 3. The largest absolute Gasteiger partial charge is 0.508 e. The monoisotopic (exact) mass is 760 g/mol. The normalized spacial score (nSPS) is 16.5. The van der Waals surface area contributed by atoms with Gasteiger partial charge in [-0.2, -0.15) is 0 Å². The average Bonchev–Trinajstić information content (AvgIpc) is 3.58. The Balaban J connectivity index is 1.27. The highest BCUT2D eigenvalue weighted by molar-refractivity contribution is 5.90. The predicted molar refractivity (Wildman–Crippen MR) is 182 cm³/mol. The van der Waals surface area contributed by atoms with E-state index in [-0.39, 0.29) is 35.7 Å². The van der Waals surface area contributed by atoms with E-state index in [0.717, 1.165) is 42.5 Å². The number of ether oxygens (including phenoxy) is 7. The molecule has 1 aliphatic rings. The van der Waals surface area contributed by atoms with Gasteiger partial charge in [0, 0.05) is 30.3 Å². The molecule has 19 heteroatoms. The van der Waals surface area contributed by atoms with Gasteiger partial charge in [-0.15, -0.1) is 5.10 Å². The van der Waals surface area contributed by atoms with Gasteiger partial charge >= 0.3 is 5.97 Å². The van der Waals surface area contributed by atoms with E-state index in [1.165, 1.54) is 4.68 Å². The maximum atomic E-state index is 14.1. The highest BCUT2D eigenvalue weighted by Gasteiger charge is 2.45. The number of aromatic nitrogens is 3. The van der Waals surface area contributed by atoms with Crippen LogP contribution in [0.4, 0.5) is 4.39 Å². The third-order valence-electron chi connectivity index (χ3n) is 7.86. The summed E-state index contributed by atoms with van der Waals surface area (Å²) in [6.07, 6.45) is -2.80. The highest BCUT2D eigenvalue weighted by atomic mass is 19.1. The summed E-state index contributed by atoms with van der Waals surface area (Å²) in [5.74, 6) is -5.94. The minimum absolute atomic E-state index is 0.0291. The topological polar surface area (TPSA) is 260 Å². The molecule has 0 bridgehead atoms. The van der Waals surface area contributed by atoms with Gasteiger partial charge in [0.15, 0.2) is 29.5 Å². The molecule has 18 nitrogen and oxygen atoms in total. The predicted octanol–water partition coefficient (Wildman–Crippen LogP) is 2.29. The molecule has 3 aromatic carbocycles. The van der Waals surface area contributed by atoms with Crippen molar-refractivity contribution in [3.63, 3.8) is 0 Å². The van der Waals surface area contributed by atoms with Crippen molar-refractivity contribution in [2.45, 2.75) is 31.5 Å². The Morgan fingerprint density at radius 3 is 2.07 bits per heavy atom. The molecule has 0 spiro atoms. The lowest BCUT2D eigenvalue weighted by molar-refractivity contribution is -0.116. The van der Waals surface area contributed by atoms with Gasteiger partial charge in [0.1, 0.15) is 40.6 Å². The number of phenols is 6. The van der Waals surface area contributed by atoms with Crippen molar-refractivity contribution in [3.05, 3.63) is 76.9 Å². The van der Waals surface area contributed by atoms with Gasteiger partial charge in [0.2, 0.25) is 0 Å². The van der Waals surface area contributed by atoms with Gasteiger partial charge in [-0.05, 0) is 24.3 Å². The number of rotatable bonds is 20. The smallest absolute Gasteiger partial charge is 0.338 e. The number of nitrogens with two attached hydrogens (primary N) is 1. The van der Waals surface area contributed by atoms with E-state index in [1.54, 1.807) is 6.20 Å². The van der Waals surface area contributed by atoms with E-state index >= 15 is 0 Å². The van der Waals surface area contributed by atoms with Gasteiger partial charge in [-0.3, -0.25) is 0 Å². The Morgan fingerprint density at radius 1 is 0.796 bits per heavy atom. The Hall–Kier alpha value is -5.44. The molecular weight excluding hydrogens is 719 g/mol. The first-order chi connectivity index (χ1) is 26.0. The Bertz CT molecular complexity index is 1820. The molecule has 0 aliphatic carbocycles. The molecule has 1 aliphatic heterocycles. The number of halogens is 1. The summed E-state index contributed by atoms with van der Waals surface area (Å²) in [6, 6.07) is 6.83. The third kappa shape index (κ3) is 10.6. The highest BCUT2D eigenvalue weighted by Crippen LogP contribution is 2.51. The van der Waals surface area contributed by atoms with Gasteiger partial charge in [0.25, 0.3) is 0 Å². The molecule has 0 radical (unpaired) electrons. The molecule has 3 atom stereocenters. The first-order valence-corrected chi connectivity index (χ1v) is 16.7. The number of hydrogen-bond acceptors (Lipinski definition) is 17. The van der Waals surface area contributed by atoms with Crippen molar-refractivity contribution < 1.29 is 73.0 Å². The van der Waals surface area contributed by atoms with Gasteiger partial charge in [-0.1, -0.05) is 5.21 Å². The molecule has 3 unspecified atom stereocenters. The first-order valence-electron chi connectivity index (χ1n) is 16.7. The maximum absolute atomic E-state index is 14.1. The number of carbonyl (C=O) groups is 1. The second-order valence-corrected chi connectivity index (χ2v) is 11.8. The summed E-state index contributed by atoms with van der Waals surface area (Å²) in [6.45, 7) is 3.73. The zero-order valence-electron chi connectivity index (χ0n) is 28.9. The molecular formula is C35H41FN4O14. The Morgan fingerprint density at radius 2 is 1.43 bits per heavy atom. The number of fused-ring (bicyclic) bond motifs is 1. The van der Waals surface area contributed by atoms with Crippen molar-refractivity contribution in [3.8, 4) is 40.2 Å². The second kappa shape index (κ2) is 19.1. The maximum Gasteiger partial charge on any atom is 0.338 e. The van der Waals surface area contributed by atoms with Crippen LogP contribution >= 0.6 is 0 Å². The number of aromatic hydroxyl groups is 6. The van der Waals surface area contributed by atoms with Crippen molar-refractivity contribution in [2.75, 3.05) is 59.4 Å². The Labute approximate surface area is 307 Å². The van der Waals surface area contributed by atoms with Crippen LogP contribution in [0.15, 0.2) is 48.7 Å². The van der Waals surface area contributed by atoms with Crippen LogP contribution in [0.25, 0.3) is 0 Å². The van der Waals surface area contributed by atoms with Crippen LogP contribution in [0.5, 0.6) is 40.2 Å². The lowest BCUT2D eigenvalue weighted by Crippen LogP contribution is -2.39. The first kappa shape index (κ1) is 39.8. The van der Waals surface area contributed by atoms with Crippen molar-refractivity contribution in [2.24, 2.45) is 5.73 Å². The minimum Gasteiger partial charge on any atom is -0.508 e. The van der Waals surface area contributed by atoms with E-state index in [2.05, 4.69) is 10.3 Å². The van der Waals surface area contributed by atoms with E-state index in [4.69, 9.17) is 38.9 Å². The zero-order valence-corrected chi connectivity index (χ0v) is 28.9. The number of benzene rings is 3. The van der Waals surface area contributed by atoms with Gasteiger partial charge in [-0.25, -0.2) is 13.9 Å². The van der Waals surface area contributed by atoms with E-state index < -0.39 is 64.6 Å². The summed E-state index contributed by atoms with van der Waals surface area (Å²) in [7, 11) is 0. The fourth-order valence-electron chi connectivity index (χ4n) is 5.43. The molecule has 292 valence electrons. The number of carbonyl (C=O) groups excluding carboxylic acids is 1. The van der Waals surface area contributed by atoms with E-state index in [1.807, 2.05) is 0 Å². The summed E-state index contributed by atoms with van der Waals surface area (Å²) < 4.78 is 55.4. The van der Waals surface area contributed by atoms with Crippen LogP contribution in [-0.4, -0.2) is 117 Å². The van der Waals surface area contributed by atoms with Crippen molar-refractivity contribution in [1.29, 1.82) is 0 Å². The van der Waals surface area contributed by atoms with Crippen LogP contribution in [0.1, 0.15) is 39.4 Å². The summed E-state index contributed by atoms with van der Waals surface area (Å²) >= 11 is 0. The number of esters is 1. The molecule has 8 N–H and O–H groups in total. The minimum atomic E-state index is -1.55. The molecule has 2 heterocycles. The number of phenolic OH excluding ortho intramolecular Hbond substituents is 6. The molecule has 54 heavy (non-hydrogen) atoms. The molecule has 5 rings (SSSR count). The van der Waals surface area contributed by atoms with E-state index in [9.17, 15) is 39.8 Å². The SMILES string of the molecule is NCCOCCOCCOCCOCCn1cc(COC2c3c(O)cc(O)cc3OC(c3cc(O)c(O)c(O)c3)C2OC(=O)c2cc(O)cc(F)c2)nn1. The van der Waals surface area contributed by atoms with Crippen LogP contribution in [0.3, 0.4) is 0 Å². The molecule has 0 fully saturated rings. The lowest BCUT2D eigenvalue weighted by atomic mass is 9.90. The van der Waals surface area contributed by atoms with Crippen LogP contribution < -0.4 is 10.5 Å². The lowest BCUT2D eigenvalue weighted by Gasteiger charge is -2.39. The average molecular weight is 761 g/mol. The molecule has 0 saturated heterocycles. The molecule has 0 amide bonds. The zero-order chi connectivity index (χ0) is 38.6. The summed E-state index contributed by atoms with van der Waals surface area (Å²) in [5.41, 5.74) is 5.20. The van der Waals surface area contributed by atoms with Crippen molar-refractivity contribution >= 4 is 5.97 Å². The fraction of sp³-hybridized carbons (Fsp3) is 0.400. The molecule has 1 aromatic heterocycles. The Kier molecular flexibility index (Phi) is 14.0. The van der Waals surface area contributed by atoms with Crippen LogP contribution in [0, 0.1) is 5.82 Å². The van der Waals surface area contributed by atoms with Gasteiger partial charge in [0.05, 0.1) is 83.3 Å². The van der Waals surface area contributed by atoms with Crippen LogP contribution in [0.2, 0.25) is 0 Å². The fourth-order valence-corrected chi connectivity index (χ4v) is 5.43. The summed E-state index contributed by atoms with van der Waals surface area (Å²) in [4.78, 5) is 13.4. The third-order valence-corrected chi connectivity index (χ3v) is 7.86. The second-order valence-electron chi connectivity index (χ2n) is 11.8. The van der Waals surface area contributed by atoms with Crippen LogP contribution in [-0.2, 0) is 41.6 Å². The molecule has 4 aromatic rings. The van der Waals surface area contributed by atoms with Crippen molar-refractivity contribution in [1.82, 2.24) is 15.0 Å². The molecule has 0 saturated carbocycles. The van der Waals surface area contributed by atoms with E-state index in [0.29, 0.717) is 65.0 Å².